The van der Waals surface area contributed by atoms with Crippen LogP contribution in [0.25, 0.3) is 11.3 Å². The van der Waals surface area contributed by atoms with E-state index in [9.17, 15) is 13.7 Å². The lowest BCUT2D eigenvalue weighted by Gasteiger charge is -2.09. The number of sulfonamides is 1. The van der Waals surface area contributed by atoms with Gasteiger partial charge in [0.2, 0.25) is 10.0 Å². The van der Waals surface area contributed by atoms with Crippen molar-refractivity contribution in [3.05, 3.63) is 58.2 Å². The SMILES string of the molecule is N#Cc1c(N=Cc2ccc(-c3ccc(S(N)(=O)=O)cc3)o2)sc2c1CCCC2. The maximum absolute atomic E-state index is 11.3. The summed E-state index contributed by atoms with van der Waals surface area (Å²) in [6.45, 7) is 0. The van der Waals surface area contributed by atoms with E-state index in [2.05, 4.69) is 11.1 Å². The number of thiophene rings is 1. The van der Waals surface area contributed by atoms with Crippen LogP contribution in [0.15, 0.2) is 50.7 Å². The molecule has 0 amide bonds. The molecular weight excluding hydrogens is 394 g/mol. The first kappa shape index (κ1) is 18.6. The molecular formula is C20H17N3O3S2. The lowest BCUT2D eigenvalue weighted by Crippen LogP contribution is -2.11. The third-order valence-electron chi connectivity index (χ3n) is 4.67. The normalized spacial score (nSPS) is 14.1. The van der Waals surface area contributed by atoms with Crippen LogP contribution in [0.2, 0.25) is 0 Å². The average molecular weight is 412 g/mol. The largest absolute Gasteiger partial charge is 0.455 e. The monoisotopic (exact) mass is 411 g/mol. The fourth-order valence-corrected chi connectivity index (χ4v) is 4.97. The number of nitrogens with two attached hydrogens (primary N) is 1. The molecule has 28 heavy (non-hydrogen) atoms. The number of fused-ring (bicyclic) bond motifs is 1. The minimum absolute atomic E-state index is 0.0512. The van der Waals surface area contributed by atoms with Gasteiger partial charge < -0.3 is 4.42 Å². The number of primary sulfonamides is 1. The van der Waals surface area contributed by atoms with E-state index < -0.39 is 10.0 Å². The summed E-state index contributed by atoms with van der Waals surface area (Å²) in [6, 6.07) is 12.0. The lowest BCUT2D eigenvalue weighted by molar-refractivity contribution is 0.575. The van der Waals surface area contributed by atoms with Crippen LogP contribution >= 0.6 is 11.3 Å². The summed E-state index contributed by atoms with van der Waals surface area (Å²) in [4.78, 5) is 5.81. The molecule has 0 saturated heterocycles. The smallest absolute Gasteiger partial charge is 0.238 e. The van der Waals surface area contributed by atoms with Crippen molar-refractivity contribution in [2.75, 3.05) is 0 Å². The Morgan fingerprint density at radius 2 is 1.89 bits per heavy atom. The summed E-state index contributed by atoms with van der Waals surface area (Å²) in [5, 5.41) is 15.3. The summed E-state index contributed by atoms with van der Waals surface area (Å²) in [5.41, 5.74) is 2.57. The molecule has 0 unspecified atom stereocenters. The fourth-order valence-electron chi connectivity index (χ4n) is 3.27. The number of furan rings is 1. The molecule has 2 heterocycles. The topological polar surface area (TPSA) is 109 Å². The van der Waals surface area contributed by atoms with Gasteiger partial charge >= 0.3 is 0 Å². The molecule has 0 radical (unpaired) electrons. The number of hydrogen-bond donors (Lipinski definition) is 1. The lowest BCUT2D eigenvalue weighted by atomic mass is 9.96. The zero-order valence-corrected chi connectivity index (χ0v) is 16.5. The third kappa shape index (κ3) is 3.64. The number of aryl methyl sites for hydroxylation is 1. The quantitative estimate of drug-likeness (QED) is 0.650. The highest BCUT2D eigenvalue weighted by molar-refractivity contribution is 7.89. The number of rotatable bonds is 4. The van der Waals surface area contributed by atoms with E-state index in [1.807, 2.05) is 0 Å². The number of benzene rings is 1. The van der Waals surface area contributed by atoms with Gasteiger partial charge in [0.05, 0.1) is 16.7 Å². The van der Waals surface area contributed by atoms with Gasteiger partial charge in [-0.25, -0.2) is 18.5 Å². The molecule has 6 nitrogen and oxygen atoms in total. The zero-order valence-electron chi connectivity index (χ0n) is 14.9. The van der Waals surface area contributed by atoms with Gasteiger partial charge in [0, 0.05) is 10.4 Å². The Hall–Kier alpha value is -2.73. The van der Waals surface area contributed by atoms with Crippen LogP contribution in [0, 0.1) is 11.3 Å². The highest BCUT2D eigenvalue weighted by Gasteiger charge is 2.20. The van der Waals surface area contributed by atoms with E-state index >= 15 is 0 Å². The van der Waals surface area contributed by atoms with Crippen molar-refractivity contribution in [1.82, 2.24) is 0 Å². The van der Waals surface area contributed by atoms with Gasteiger partial charge in [0.15, 0.2) is 0 Å². The summed E-state index contributed by atoms with van der Waals surface area (Å²) in [6.07, 6.45) is 5.86. The second kappa shape index (κ2) is 7.36. The summed E-state index contributed by atoms with van der Waals surface area (Å²) in [5.74, 6) is 1.15. The second-order valence-electron chi connectivity index (χ2n) is 6.53. The van der Waals surface area contributed by atoms with E-state index in [1.165, 1.54) is 17.0 Å². The Morgan fingerprint density at radius 1 is 1.14 bits per heavy atom. The fraction of sp³-hybridized carbons (Fsp3) is 0.200. The number of aliphatic imine (C=N–C) groups is 1. The molecule has 4 rings (SSSR count). The van der Waals surface area contributed by atoms with Crippen LogP contribution in [0.1, 0.15) is 34.6 Å². The Balaban J connectivity index is 1.57. The molecule has 1 aliphatic carbocycles. The van der Waals surface area contributed by atoms with E-state index in [-0.39, 0.29) is 4.90 Å². The first-order valence-electron chi connectivity index (χ1n) is 8.77. The van der Waals surface area contributed by atoms with Crippen LogP contribution in [0.4, 0.5) is 5.00 Å². The van der Waals surface area contributed by atoms with Crippen LogP contribution in [0.5, 0.6) is 0 Å². The van der Waals surface area contributed by atoms with Crippen molar-refractivity contribution in [3.63, 3.8) is 0 Å². The highest BCUT2D eigenvalue weighted by atomic mass is 32.2. The van der Waals surface area contributed by atoms with Gasteiger partial charge in [0.1, 0.15) is 22.6 Å². The van der Waals surface area contributed by atoms with Gasteiger partial charge in [-0.3, -0.25) is 0 Å². The van der Waals surface area contributed by atoms with Gasteiger partial charge in [0.25, 0.3) is 0 Å². The van der Waals surface area contributed by atoms with Crippen molar-refractivity contribution in [2.45, 2.75) is 30.6 Å². The van der Waals surface area contributed by atoms with Crippen LogP contribution in [-0.2, 0) is 22.9 Å². The molecule has 0 fully saturated rings. The first-order valence-corrected chi connectivity index (χ1v) is 11.1. The molecule has 0 atom stereocenters. The minimum Gasteiger partial charge on any atom is -0.455 e. The van der Waals surface area contributed by atoms with Crippen LogP contribution in [-0.4, -0.2) is 14.6 Å². The number of nitrogens with zero attached hydrogens (tertiary/aromatic N) is 2. The maximum atomic E-state index is 11.3. The molecule has 3 aromatic rings. The molecule has 1 aromatic carbocycles. The summed E-state index contributed by atoms with van der Waals surface area (Å²) < 4.78 is 28.5. The molecule has 0 saturated carbocycles. The average Bonchev–Trinajstić information content (AvgIpc) is 3.30. The summed E-state index contributed by atoms with van der Waals surface area (Å²) >= 11 is 1.58. The first-order chi connectivity index (χ1) is 13.5. The Kier molecular flexibility index (Phi) is 4.89. The Labute approximate surface area is 167 Å². The van der Waals surface area contributed by atoms with E-state index in [1.54, 1.807) is 41.8 Å². The van der Waals surface area contributed by atoms with E-state index in [0.717, 1.165) is 41.8 Å². The molecule has 0 bridgehead atoms. The van der Waals surface area contributed by atoms with Crippen molar-refractivity contribution in [2.24, 2.45) is 10.1 Å². The van der Waals surface area contributed by atoms with Crippen molar-refractivity contribution in [1.29, 1.82) is 5.26 Å². The number of nitriles is 1. The molecule has 8 heteroatoms. The predicted molar refractivity (Wildman–Crippen MR) is 108 cm³/mol. The molecule has 2 aromatic heterocycles. The molecule has 2 N–H and O–H groups in total. The Bertz CT molecular complexity index is 1200. The van der Waals surface area contributed by atoms with Gasteiger partial charge in [-0.05, 0) is 67.6 Å². The van der Waals surface area contributed by atoms with Crippen molar-refractivity contribution < 1.29 is 12.8 Å². The Morgan fingerprint density at radius 3 is 2.61 bits per heavy atom. The standard InChI is InChI=1S/C20H17N3O3S2/c21-11-17-16-3-1-2-4-19(16)27-20(17)23-12-14-7-10-18(26-14)13-5-8-15(9-6-13)28(22,24)25/h5-10,12H,1-4H2,(H2,22,24,25). The molecule has 142 valence electrons. The third-order valence-corrected chi connectivity index (χ3v) is 6.80. The van der Waals surface area contributed by atoms with Crippen LogP contribution < -0.4 is 5.14 Å². The second-order valence-corrected chi connectivity index (χ2v) is 9.18. The van der Waals surface area contributed by atoms with Gasteiger partial charge in [-0.15, -0.1) is 11.3 Å². The summed E-state index contributed by atoms with van der Waals surface area (Å²) in [7, 11) is -3.72. The van der Waals surface area contributed by atoms with Crippen molar-refractivity contribution in [3.8, 4) is 17.4 Å². The molecule has 0 spiro atoms. The van der Waals surface area contributed by atoms with Crippen LogP contribution in [0.3, 0.4) is 0 Å². The van der Waals surface area contributed by atoms with Gasteiger partial charge in [-0.2, -0.15) is 5.26 Å². The maximum Gasteiger partial charge on any atom is 0.238 e. The molecule has 1 aliphatic rings. The van der Waals surface area contributed by atoms with E-state index in [0.29, 0.717) is 17.1 Å². The molecule has 0 aliphatic heterocycles. The highest BCUT2D eigenvalue weighted by Crippen LogP contribution is 2.39. The number of hydrogen-bond acceptors (Lipinski definition) is 6. The van der Waals surface area contributed by atoms with Gasteiger partial charge in [-0.1, -0.05) is 0 Å². The minimum atomic E-state index is -3.72. The van der Waals surface area contributed by atoms with E-state index in [4.69, 9.17) is 9.56 Å². The predicted octanol–water partition coefficient (Wildman–Crippen LogP) is 4.16. The zero-order chi connectivity index (χ0) is 19.7. The van der Waals surface area contributed by atoms with Crippen molar-refractivity contribution >= 4 is 32.6 Å².